The fourth-order valence-corrected chi connectivity index (χ4v) is 2.26. The SMILES string of the molecule is CC[C@H](CO)NC(=O)c1cccc2c1CCCN2. The Morgan fingerprint density at radius 2 is 2.39 bits per heavy atom. The summed E-state index contributed by atoms with van der Waals surface area (Å²) in [6, 6.07) is 5.59. The number of amides is 1. The zero-order chi connectivity index (χ0) is 13.0. The maximum Gasteiger partial charge on any atom is 0.251 e. The molecule has 1 amide bonds. The van der Waals surface area contributed by atoms with Gasteiger partial charge in [0, 0.05) is 17.8 Å². The van der Waals surface area contributed by atoms with Crippen molar-refractivity contribution < 1.29 is 9.90 Å². The van der Waals surface area contributed by atoms with Crippen LogP contribution in [-0.4, -0.2) is 30.2 Å². The Balaban J connectivity index is 2.20. The first-order valence-corrected chi connectivity index (χ1v) is 6.53. The van der Waals surface area contributed by atoms with Crippen LogP contribution in [0.1, 0.15) is 35.7 Å². The molecule has 0 unspecified atom stereocenters. The number of hydrogen-bond donors (Lipinski definition) is 3. The molecular formula is C14H20N2O2. The average Bonchev–Trinajstić information content (AvgIpc) is 2.43. The molecule has 1 aromatic carbocycles. The summed E-state index contributed by atoms with van der Waals surface area (Å²) in [6.07, 6.45) is 2.71. The van der Waals surface area contributed by atoms with Crippen LogP contribution in [0.25, 0.3) is 0 Å². The third-order valence-corrected chi connectivity index (χ3v) is 3.39. The minimum atomic E-state index is -0.162. The first-order valence-electron chi connectivity index (χ1n) is 6.53. The Labute approximate surface area is 107 Å². The number of aliphatic hydroxyl groups is 1. The predicted molar refractivity (Wildman–Crippen MR) is 71.9 cm³/mol. The number of anilines is 1. The monoisotopic (exact) mass is 248 g/mol. The predicted octanol–water partition coefficient (Wildman–Crippen LogP) is 1.55. The molecule has 18 heavy (non-hydrogen) atoms. The summed E-state index contributed by atoms with van der Waals surface area (Å²) in [4.78, 5) is 12.2. The highest BCUT2D eigenvalue weighted by Gasteiger charge is 2.18. The Morgan fingerprint density at radius 3 is 3.11 bits per heavy atom. The number of aliphatic hydroxyl groups excluding tert-OH is 1. The maximum absolute atomic E-state index is 12.2. The number of nitrogens with one attached hydrogen (secondary N) is 2. The molecule has 1 heterocycles. The van der Waals surface area contributed by atoms with Crippen molar-refractivity contribution in [3.8, 4) is 0 Å². The smallest absolute Gasteiger partial charge is 0.251 e. The zero-order valence-electron chi connectivity index (χ0n) is 10.7. The molecule has 0 fully saturated rings. The molecule has 0 radical (unpaired) electrons. The molecule has 0 aliphatic carbocycles. The highest BCUT2D eigenvalue weighted by Crippen LogP contribution is 2.25. The topological polar surface area (TPSA) is 61.4 Å². The van der Waals surface area contributed by atoms with Gasteiger partial charge in [0.05, 0.1) is 12.6 Å². The van der Waals surface area contributed by atoms with Crippen LogP contribution >= 0.6 is 0 Å². The van der Waals surface area contributed by atoms with E-state index in [4.69, 9.17) is 5.11 Å². The summed E-state index contributed by atoms with van der Waals surface area (Å²) in [6.45, 7) is 2.89. The van der Waals surface area contributed by atoms with E-state index in [1.54, 1.807) is 0 Å². The second-order valence-electron chi connectivity index (χ2n) is 4.62. The van der Waals surface area contributed by atoms with E-state index in [1.165, 1.54) is 0 Å². The van der Waals surface area contributed by atoms with Gasteiger partial charge in [-0.05, 0) is 37.0 Å². The molecule has 0 bridgehead atoms. The molecule has 0 spiro atoms. The molecular weight excluding hydrogens is 228 g/mol. The zero-order valence-corrected chi connectivity index (χ0v) is 10.7. The second-order valence-corrected chi connectivity index (χ2v) is 4.62. The van der Waals surface area contributed by atoms with Gasteiger partial charge in [0.1, 0.15) is 0 Å². The minimum Gasteiger partial charge on any atom is -0.394 e. The van der Waals surface area contributed by atoms with E-state index in [-0.39, 0.29) is 18.6 Å². The van der Waals surface area contributed by atoms with Gasteiger partial charge < -0.3 is 15.7 Å². The van der Waals surface area contributed by atoms with Crippen LogP contribution < -0.4 is 10.6 Å². The second kappa shape index (κ2) is 5.87. The fraction of sp³-hybridized carbons (Fsp3) is 0.500. The van der Waals surface area contributed by atoms with Crippen molar-refractivity contribution in [1.82, 2.24) is 5.32 Å². The summed E-state index contributed by atoms with van der Waals surface area (Å²) in [5, 5.41) is 15.3. The molecule has 4 heteroatoms. The van der Waals surface area contributed by atoms with Crippen molar-refractivity contribution in [1.29, 1.82) is 0 Å². The van der Waals surface area contributed by atoms with Gasteiger partial charge in [0.2, 0.25) is 0 Å². The molecule has 4 nitrogen and oxygen atoms in total. The molecule has 3 N–H and O–H groups in total. The number of carbonyl (C=O) groups excluding carboxylic acids is 1. The Morgan fingerprint density at radius 1 is 1.56 bits per heavy atom. The summed E-state index contributed by atoms with van der Waals surface area (Å²) in [5.74, 6) is -0.0866. The van der Waals surface area contributed by atoms with Gasteiger partial charge >= 0.3 is 0 Å². The lowest BCUT2D eigenvalue weighted by Gasteiger charge is -2.21. The van der Waals surface area contributed by atoms with Crippen LogP contribution in [-0.2, 0) is 6.42 Å². The van der Waals surface area contributed by atoms with Gasteiger partial charge in [-0.1, -0.05) is 13.0 Å². The van der Waals surface area contributed by atoms with Crippen molar-refractivity contribution in [3.63, 3.8) is 0 Å². The lowest BCUT2D eigenvalue weighted by atomic mass is 9.97. The quantitative estimate of drug-likeness (QED) is 0.757. The molecule has 1 aliphatic heterocycles. The van der Waals surface area contributed by atoms with Crippen LogP contribution in [0.15, 0.2) is 18.2 Å². The Bertz CT molecular complexity index is 428. The van der Waals surface area contributed by atoms with E-state index >= 15 is 0 Å². The van der Waals surface area contributed by atoms with E-state index in [1.807, 2.05) is 25.1 Å². The van der Waals surface area contributed by atoms with Crippen molar-refractivity contribution in [2.24, 2.45) is 0 Å². The van der Waals surface area contributed by atoms with Gasteiger partial charge in [-0.3, -0.25) is 4.79 Å². The average molecular weight is 248 g/mol. The lowest BCUT2D eigenvalue weighted by Crippen LogP contribution is -2.37. The molecule has 2 rings (SSSR count). The van der Waals surface area contributed by atoms with E-state index in [0.29, 0.717) is 0 Å². The number of benzene rings is 1. The number of rotatable bonds is 4. The summed E-state index contributed by atoms with van der Waals surface area (Å²) >= 11 is 0. The van der Waals surface area contributed by atoms with Crippen molar-refractivity contribution in [3.05, 3.63) is 29.3 Å². The van der Waals surface area contributed by atoms with E-state index in [0.717, 1.165) is 42.6 Å². The van der Waals surface area contributed by atoms with E-state index in [9.17, 15) is 4.79 Å². The summed E-state index contributed by atoms with van der Waals surface area (Å²) in [7, 11) is 0. The van der Waals surface area contributed by atoms with Gasteiger partial charge in [0.15, 0.2) is 0 Å². The molecule has 1 atom stereocenters. The maximum atomic E-state index is 12.2. The first-order chi connectivity index (χ1) is 8.76. The third-order valence-electron chi connectivity index (χ3n) is 3.39. The number of fused-ring (bicyclic) bond motifs is 1. The highest BCUT2D eigenvalue weighted by molar-refractivity contribution is 5.97. The van der Waals surface area contributed by atoms with Crippen LogP contribution in [0.4, 0.5) is 5.69 Å². The molecule has 1 aliphatic rings. The first kappa shape index (κ1) is 12.9. The van der Waals surface area contributed by atoms with Gasteiger partial charge in [-0.15, -0.1) is 0 Å². The standard InChI is InChI=1S/C14H20N2O2/c1-2-10(9-17)16-14(18)12-5-3-7-13-11(12)6-4-8-15-13/h3,5,7,10,15,17H,2,4,6,8-9H2,1H3,(H,16,18)/t10-/m1/s1. The molecule has 0 saturated carbocycles. The van der Waals surface area contributed by atoms with E-state index in [2.05, 4.69) is 10.6 Å². The third kappa shape index (κ3) is 2.64. The summed E-state index contributed by atoms with van der Waals surface area (Å²) < 4.78 is 0. The summed E-state index contributed by atoms with van der Waals surface area (Å²) in [5.41, 5.74) is 2.88. The van der Waals surface area contributed by atoms with E-state index < -0.39 is 0 Å². The molecule has 0 saturated heterocycles. The minimum absolute atomic E-state index is 0.0183. The van der Waals surface area contributed by atoms with Gasteiger partial charge in [-0.2, -0.15) is 0 Å². The van der Waals surface area contributed by atoms with Gasteiger partial charge in [-0.25, -0.2) is 0 Å². The normalized spacial score (nSPS) is 15.4. The lowest BCUT2D eigenvalue weighted by molar-refractivity contribution is 0.0914. The van der Waals surface area contributed by atoms with Gasteiger partial charge in [0.25, 0.3) is 5.91 Å². The van der Waals surface area contributed by atoms with Crippen LogP contribution in [0.3, 0.4) is 0 Å². The van der Waals surface area contributed by atoms with Crippen molar-refractivity contribution in [2.45, 2.75) is 32.2 Å². The number of hydrogen-bond acceptors (Lipinski definition) is 3. The molecule has 1 aromatic rings. The fourth-order valence-electron chi connectivity index (χ4n) is 2.26. The largest absolute Gasteiger partial charge is 0.394 e. The highest BCUT2D eigenvalue weighted by atomic mass is 16.3. The Kier molecular flexibility index (Phi) is 4.20. The molecule has 98 valence electrons. The Hall–Kier alpha value is -1.55. The number of carbonyl (C=O) groups is 1. The van der Waals surface area contributed by atoms with Crippen LogP contribution in [0.5, 0.6) is 0 Å². The van der Waals surface area contributed by atoms with Crippen molar-refractivity contribution in [2.75, 3.05) is 18.5 Å². The van der Waals surface area contributed by atoms with Crippen LogP contribution in [0, 0.1) is 0 Å². The molecule has 0 aromatic heterocycles. The van der Waals surface area contributed by atoms with Crippen LogP contribution in [0.2, 0.25) is 0 Å². The van der Waals surface area contributed by atoms with Crippen molar-refractivity contribution >= 4 is 11.6 Å².